The van der Waals surface area contributed by atoms with Crippen molar-refractivity contribution in [1.29, 1.82) is 0 Å². The summed E-state index contributed by atoms with van der Waals surface area (Å²) in [4.78, 5) is 7.91. The fourth-order valence-electron chi connectivity index (χ4n) is 4.64. The van der Waals surface area contributed by atoms with E-state index in [1.807, 2.05) is 0 Å². The highest BCUT2D eigenvalue weighted by atomic mass is 15.3. The quantitative estimate of drug-likeness (QED) is 0.810. The molecule has 0 amide bonds. The van der Waals surface area contributed by atoms with E-state index in [9.17, 15) is 0 Å². The van der Waals surface area contributed by atoms with E-state index in [0.717, 1.165) is 18.6 Å². The summed E-state index contributed by atoms with van der Waals surface area (Å²) in [5, 5.41) is 0. The van der Waals surface area contributed by atoms with Gasteiger partial charge in [-0.2, -0.15) is 0 Å². The molecule has 3 fully saturated rings. The predicted octanol–water partition coefficient (Wildman–Crippen LogP) is 0.578. The second-order valence-corrected chi connectivity index (χ2v) is 6.81. The molecule has 0 aromatic carbocycles. The molecule has 4 nitrogen and oxygen atoms in total. The Morgan fingerprint density at radius 3 is 2.11 bits per heavy atom. The molecule has 2 bridgehead atoms. The van der Waals surface area contributed by atoms with Crippen LogP contribution in [0.4, 0.5) is 0 Å². The number of piperazine rings is 1. The molecule has 110 valence electrons. The Hall–Kier alpha value is -0.160. The van der Waals surface area contributed by atoms with Crippen molar-refractivity contribution in [3.8, 4) is 0 Å². The Bertz CT molecular complexity index is 297. The van der Waals surface area contributed by atoms with Crippen LogP contribution in [0, 0.1) is 0 Å². The second-order valence-electron chi connectivity index (χ2n) is 6.81. The zero-order valence-corrected chi connectivity index (χ0v) is 12.6. The van der Waals surface area contributed by atoms with Crippen molar-refractivity contribution in [2.24, 2.45) is 5.73 Å². The zero-order chi connectivity index (χ0) is 13.5. The Morgan fingerprint density at radius 2 is 1.63 bits per heavy atom. The summed E-state index contributed by atoms with van der Waals surface area (Å²) in [6.45, 7) is 9.19. The van der Waals surface area contributed by atoms with Crippen molar-refractivity contribution in [2.75, 3.05) is 46.3 Å². The molecule has 0 aliphatic carbocycles. The van der Waals surface area contributed by atoms with Gasteiger partial charge in [0.1, 0.15) is 0 Å². The average Bonchev–Trinajstić information content (AvgIpc) is 2.69. The number of nitrogens with zero attached hydrogens (tertiary/aromatic N) is 3. The van der Waals surface area contributed by atoms with E-state index in [1.165, 1.54) is 58.4 Å². The van der Waals surface area contributed by atoms with Crippen LogP contribution < -0.4 is 5.73 Å². The van der Waals surface area contributed by atoms with Gasteiger partial charge in [-0.1, -0.05) is 6.92 Å². The van der Waals surface area contributed by atoms with Crippen LogP contribution in [0.3, 0.4) is 0 Å². The van der Waals surface area contributed by atoms with Crippen molar-refractivity contribution in [3.05, 3.63) is 0 Å². The molecule has 2 unspecified atom stereocenters. The fourth-order valence-corrected chi connectivity index (χ4v) is 4.64. The van der Waals surface area contributed by atoms with E-state index in [-0.39, 0.29) is 0 Å². The SMILES string of the molecule is CCN1CCN(C2(CN)CC3CCC(C2)N3C)CC1. The van der Waals surface area contributed by atoms with E-state index >= 15 is 0 Å². The molecule has 0 radical (unpaired) electrons. The maximum absolute atomic E-state index is 6.26. The van der Waals surface area contributed by atoms with E-state index in [0.29, 0.717) is 5.54 Å². The largest absolute Gasteiger partial charge is 0.329 e. The van der Waals surface area contributed by atoms with E-state index in [1.54, 1.807) is 0 Å². The van der Waals surface area contributed by atoms with Crippen molar-refractivity contribution in [3.63, 3.8) is 0 Å². The van der Waals surface area contributed by atoms with Crippen molar-refractivity contribution in [2.45, 2.75) is 50.2 Å². The molecule has 3 saturated heterocycles. The Labute approximate surface area is 117 Å². The molecule has 3 heterocycles. The zero-order valence-electron chi connectivity index (χ0n) is 12.6. The Morgan fingerprint density at radius 1 is 1.05 bits per heavy atom. The molecule has 4 heteroatoms. The molecule has 0 aromatic rings. The topological polar surface area (TPSA) is 35.7 Å². The van der Waals surface area contributed by atoms with E-state index in [2.05, 4.69) is 28.7 Å². The molecule has 3 aliphatic rings. The summed E-state index contributed by atoms with van der Waals surface area (Å²) in [5.74, 6) is 0. The summed E-state index contributed by atoms with van der Waals surface area (Å²) in [6.07, 6.45) is 5.36. The second kappa shape index (κ2) is 5.32. The standard InChI is InChI=1S/C15H30N4/c1-3-18-6-8-19(9-7-18)15(12-16)10-13-4-5-14(11-15)17(13)2/h13-14H,3-12,16H2,1-2H3. The highest BCUT2D eigenvalue weighted by molar-refractivity contribution is 5.07. The number of fused-ring (bicyclic) bond motifs is 2. The van der Waals surface area contributed by atoms with Gasteiger partial charge in [-0.05, 0) is 39.3 Å². The summed E-state index contributed by atoms with van der Waals surface area (Å²) >= 11 is 0. The number of hydrogen-bond donors (Lipinski definition) is 1. The van der Waals surface area contributed by atoms with Crippen LogP contribution >= 0.6 is 0 Å². The van der Waals surface area contributed by atoms with Crippen LogP contribution in [0.1, 0.15) is 32.6 Å². The number of hydrogen-bond acceptors (Lipinski definition) is 4. The molecule has 3 rings (SSSR count). The molecule has 0 saturated carbocycles. The Kier molecular flexibility index (Phi) is 3.87. The lowest BCUT2D eigenvalue weighted by atomic mass is 9.81. The lowest BCUT2D eigenvalue weighted by molar-refractivity contribution is -0.0237. The van der Waals surface area contributed by atoms with Gasteiger partial charge in [0.05, 0.1) is 0 Å². The highest BCUT2D eigenvalue weighted by Gasteiger charge is 2.49. The maximum atomic E-state index is 6.26. The third-order valence-corrected chi connectivity index (χ3v) is 6.09. The first-order valence-electron chi connectivity index (χ1n) is 8.08. The van der Waals surface area contributed by atoms with Crippen molar-refractivity contribution in [1.82, 2.24) is 14.7 Å². The van der Waals surface area contributed by atoms with Crippen LogP contribution in [0.5, 0.6) is 0 Å². The summed E-state index contributed by atoms with van der Waals surface area (Å²) < 4.78 is 0. The van der Waals surface area contributed by atoms with Gasteiger partial charge in [-0.25, -0.2) is 0 Å². The maximum Gasteiger partial charge on any atom is 0.0362 e. The number of piperidine rings is 1. The van der Waals surface area contributed by atoms with Gasteiger partial charge in [-0.3, -0.25) is 4.90 Å². The minimum Gasteiger partial charge on any atom is -0.329 e. The van der Waals surface area contributed by atoms with Gasteiger partial charge in [0.2, 0.25) is 0 Å². The minimum atomic E-state index is 0.304. The van der Waals surface area contributed by atoms with Crippen LogP contribution in [0.25, 0.3) is 0 Å². The third-order valence-electron chi connectivity index (χ3n) is 6.09. The molecule has 3 aliphatic heterocycles. The van der Waals surface area contributed by atoms with Gasteiger partial charge in [0.25, 0.3) is 0 Å². The van der Waals surface area contributed by atoms with Gasteiger partial charge in [0.15, 0.2) is 0 Å². The number of nitrogens with two attached hydrogens (primary N) is 1. The van der Waals surface area contributed by atoms with Gasteiger partial charge >= 0.3 is 0 Å². The third kappa shape index (κ3) is 2.33. The first-order chi connectivity index (χ1) is 9.18. The van der Waals surface area contributed by atoms with Crippen LogP contribution in [0.2, 0.25) is 0 Å². The minimum absolute atomic E-state index is 0.304. The molecule has 19 heavy (non-hydrogen) atoms. The first kappa shape index (κ1) is 13.8. The summed E-state index contributed by atoms with van der Waals surface area (Å²) in [5.41, 5.74) is 6.56. The molecule has 0 spiro atoms. The van der Waals surface area contributed by atoms with Crippen molar-refractivity contribution < 1.29 is 0 Å². The molecule has 2 atom stereocenters. The smallest absolute Gasteiger partial charge is 0.0362 e. The van der Waals surface area contributed by atoms with Gasteiger partial charge in [0, 0.05) is 50.3 Å². The van der Waals surface area contributed by atoms with Crippen LogP contribution in [-0.4, -0.2) is 78.6 Å². The first-order valence-corrected chi connectivity index (χ1v) is 8.08. The normalized spacial score (nSPS) is 41.8. The molecular formula is C15H30N4. The lowest BCUT2D eigenvalue weighted by Crippen LogP contribution is -2.65. The van der Waals surface area contributed by atoms with Crippen LogP contribution in [-0.2, 0) is 0 Å². The van der Waals surface area contributed by atoms with Gasteiger partial charge in [-0.15, -0.1) is 0 Å². The molecular weight excluding hydrogens is 236 g/mol. The highest BCUT2D eigenvalue weighted by Crippen LogP contribution is 2.42. The fraction of sp³-hybridized carbons (Fsp3) is 1.00. The van der Waals surface area contributed by atoms with E-state index < -0.39 is 0 Å². The van der Waals surface area contributed by atoms with Gasteiger partial charge < -0.3 is 15.5 Å². The number of likely N-dealkylation sites (N-methyl/N-ethyl adjacent to an activating group) is 1. The number of rotatable bonds is 3. The molecule has 2 N–H and O–H groups in total. The molecule has 0 aromatic heterocycles. The Balaban J connectivity index is 1.70. The summed E-state index contributed by atoms with van der Waals surface area (Å²) in [6, 6.07) is 1.57. The average molecular weight is 266 g/mol. The lowest BCUT2D eigenvalue weighted by Gasteiger charge is -2.53. The summed E-state index contributed by atoms with van der Waals surface area (Å²) in [7, 11) is 2.32. The van der Waals surface area contributed by atoms with Crippen LogP contribution in [0.15, 0.2) is 0 Å². The predicted molar refractivity (Wildman–Crippen MR) is 79.3 cm³/mol. The monoisotopic (exact) mass is 266 g/mol. The van der Waals surface area contributed by atoms with Crippen molar-refractivity contribution >= 4 is 0 Å². The van der Waals surface area contributed by atoms with E-state index in [4.69, 9.17) is 5.73 Å².